The number of hydrogen-bond donors (Lipinski definition) is 1. The van der Waals surface area contributed by atoms with Crippen LogP contribution in [0.1, 0.15) is 16.7 Å². The molecule has 0 heterocycles. The fraction of sp³-hybridized carbons (Fsp3) is 0.250. The van der Waals surface area contributed by atoms with Crippen molar-refractivity contribution >= 4 is 0 Å². The van der Waals surface area contributed by atoms with Crippen LogP contribution >= 0.6 is 0 Å². The Labute approximate surface area is 103 Å². The van der Waals surface area contributed by atoms with Crippen molar-refractivity contribution in [3.63, 3.8) is 0 Å². The highest BCUT2D eigenvalue weighted by atomic mass is 14.8. The van der Waals surface area contributed by atoms with Gasteiger partial charge in [-0.05, 0) is 43.7 Å². The Kier molecular flexibility index (Phi) is 3.60. The van der Waals surface area contributed by atoms with Gasteiger partial charge in [0.15, 0.2) is 0 Å². The van der Waals surface area contributed by atoms with Crippen molar-refractivity contribution in [1.82, 2.24) is 5.32 Å². The van der Waals surface area contributed by atoms with E-state index in [1.54, 1.807) is 0 Å². The van der Waals surface area contributed by atoms with E-state index in [4.69, 9.17) is 0 Å². The number of rotatable bonds is 3. The van der Waals surface area contributed by atoms with Crippen molar-refractivity contribution in [3.8, 4) is 11.1 Å². The van der Waals surface area contributed by atoms with E-state index in [1.807, 2.05) is 7.05 Å². The predicted octanol–water partition coefficient (Wildman–Crippen LogP) is 3.69. The van der Waals surface area contributed by atoms with Gasteiger partial charge < -0.3 is 5.32 Å². The summed E-state index contributed by atoms with van der Waals surface area (Å²) in [6, 6.07) is 15.4. The molecule has 0 radical (unpaired) electrons. The molecule has 88 valence electrons. The third-order valence-electron chi connectivity index (χ3n) is 2.86. The molecule has 0 aromatic heterocycles. The van der Waals surface area contributed by atoms with Crippen LogP contribution in [-0.4, -0.2) is 7.05 Å². The first-order valence-corrected chi connectivity index (χ1v) is 6.01. The highest BCUT2D eigenvalue weighted by Gasteiger charge is 2.00. The summed E-state index contributed by atoms with van der Waals surface area (Å²) in [5, 5.41) is 3.19. The van der Waals surface area contributed by atoms with Gasteiger partial charge in [-0.25, -0.2) is 0 Å². The lowest BCUT2D eigenvalue weighted by Crippen LogP contribution is -2.04. The minimum Gasteiger partial charge on any atom is -0.316 e. The molecule has 0 saturated heterocycles. The van der Waals surface area contributed by atoms with E-state index in [1.165, 1.54) is 27.8 Å². The summed E-state index contributed by atoms with van der Waals surface area (Å²) in [5.74, 6) is 0. The molecule has 0 saturated carbocycles. The quantitative estimate of drug-likeness (QED) is 0.840. The van der Waals surface area contributed by atoms with E-state index in [0.29, 0.717) is 0 Å². The highest BCUT2D eigenvalue weighted by molar-refractivity contribution is 5.65. The average Bonchev–Trinajstić information content (AvgIpc) is 2.28. The predicted molar refractivity (Wildman–Crippen MR) is 74.1 cm³/mol. The zero-order chi connectivity index (χ0) is 12.3. The Bertz CT molecular complexity index is 494. The van der Waals surface area contributed by atoms with E-state index in [9.17, 15) is 0 Å². The van der Waals surface area contributed by atoms with Gasteiger partial charge in [-0.3, -0.25) is 0 Å². The third-order valence-corrected chi connectivity index (χ3v) is 2.86. The normalized spacial score (nSPS) is 10.5. The van der Waals surface area contributed by atoms with Crippen molar-refractivity contribution < 1.29 is 0 Å². The maximum atomic E-state index is 3.19. The Morgan fingerprint density at radius 2 is 1.59 bits per heavy atom. The zero-order valence-corrected chi connectivity index (χ0v) is 10.7. The molecule has 1 heteroatoms. The Hall–Kier alpha value is -1.60. The van der Waals surface area contributed by atoms with Crippen molar-refractivity contribution in [2.24, 2.45) is 0 Å². The fourth-order valence-corrected chi connectivity index (χ4v) is 2.21. The van der Waals surface area contributed by atoms with Crippen LogP contribution in [0.5, 0.6) is 0 Å². The lowest BCUT2D eigenvalue weighted by atomic mass is 9.99. The molecule has 0 aliphatic heterocycles. The van der Waals surface area contributed by atoms with E-state index in [0.717, 1.165) is 6.54 Å². The topological polar surface area (TPSA) is 12.0 Å². The molecule has 0 atom stereocenters. The standard InChI is InChI=1S/C16H19N/c1-12-7-13(2)9-16(8-12)15-6-4-5-14(10-15)11-17-3/h4-10,17H,11H2,1-3H3. The minimum absolute atomic E-state index is 0.915. The summed E-state index contributed by atoms with van der Waals surface area (Å²) < 4.78 is 0. The lowest BCUT2D eigenvalue weighted by Gasteiger charge is -2.07. The van der Waals surface area contributed by atoms with Gasteiger partial charge in [0, 0.05) is 6.54 Å². The third kappa shape index (κ3) is 2.95. The van der Waals surface area contributed by atoms with Gasteiger partial charge in [0.2, 0.25) is 0 Å². The highest BCUT2D eigenvalue weighted by Crippen LogP contribution is 2.23. The molecule has 0 aliphatic carbocycles. The maximum absolute atomic E-state index is 3.19. The molecule has 0 amide bonds. The Balaban J connectivity index is 2.41. The minimum atomic E-state index is 0.915. The second kappa shape index (κ2) is 5.15. The first-order chi connectivity index (χ1) is 8.19. The molecule has 1 nitrogen and oxygen atoms in total. The summed E-state index contributed by atoms with van der Waals surface area (Å²) in [6.45, 7) is 5.21. The van der Waals surface area contributed by atoms with Crippen LogP contribution in [0.3, 0.4) is 0 Å². The molecule has 0 spiro atoms. The molecule has 0 aliphatic rings. The van der Waals surface area contributed by atoms with E-state index < -0.39 is 0 Å². The first-order valence-electron chi connectivity index (χ1n) is 6.01. The molecule has 2 aromatic carbocycles. The number of benzene rings is 2. The van der Waals surface area contributed by atoms with Gasteiger partial charge in [-0.15, -0.1) is 0 Å². The van der Waals surface area contributed by atoms with Gasteiger partial charge in [-0.1, -0.05) is 47.5 Å². The monoisotopic (exact) mass is 225 g/mol. The molecule has 0 bridgehead atoms. The SMILES string of the molecule is CNCc1cccc(-c2cc(C)cc(C)c2)c1. The molecule has 0 fully saturated rings. The summed E-state index contributed by atoms with van der Waals surface area (Å²) in [5.41, 5.74) is 6.56. The largest absolute Gasteiger partial charge is 0.316 e. The van der Waals surface area contributed by atoms with Gasteiger partial charge in [0.05, 0.1) is 0 Å². The molecular weight excluding hydrogens is 206 g/mol. The smallest absolute Gasteiger partial charge is 0.0202 e. The number of aryl methyl sites for hydroxylation is 2. The summed E-state index contributed by atoms with van der Waals surface area (Å²) >= 11 is 0. The van der Waals surface area contributed by atoms with E-state index >= 15 is 0 Å². The molecule has 2 aromatic rings. The van der Waals surface area contributed by atoms with Gasteiger partial charge in [-0.2, -0.15) is 0 Å². The molecule has 0 unspecified atom stereocenters. The Morgan fingerprint density at radius 1 is 0.882 bits per heavy atom. The molecular formula is C16H19N. The average molecular weight is 225 g/mol. The summed E-state index contributed by atoms with van der Waals surface area (Å²) in [6.07, 6.45) is 0. The summed E-state index contributed by atoms with van der Waals surface area (Å²) in [4.78, 5) is 0. The van der Waals surface area contributed by atoms with Gasteiger partial charge in [0.25, 0.3) is 0 Å². The van der Waals surface area contributed by atoms with Crippen LogP contribution in [0.15, 0.2) is 42.5 Å². The van der Waals surface area contributed by atoms with Crippen molar-refractivity contribution in [2.45, 2.75) is 20.4 Å². The van der Waals surface area contributed by atoms with Crippen LogP contribution in [0.2, 0.25) is 0 Å². The first kappa shape index (κ1) is 11.9. The van der Waals surface area contributed by atoms with Crippen LogP contribution in [0.4, 0.5) is 0 Å². The second-order valence-corrected chi connectivity index (χ2v) is 4.61. The van der Waals surface area contributed by atoms with Crippen LogP contribution in [-0.2, 0) is 6.54 Å². The van der Waals surface area contributed by atoms with Crippen molar-refractivity contribution in [2.75, 3.05) is 7.05 Å². The lowest BCUT2D eigenvalue weighted by molar-refractivity contribution is 0.818. The van der Waals surface area contributed by atoms with Gasteiger partial charge in [0.1, 0.15) is 0 Å². The van der Waals surface area contributed by atoms with Gasteiger partial charge >= 0.3 is 0 Å². The van der Waals surface area contributed by atoms with Crippen LogP contribution < -0.4 is 5.32 Å². The molecule has 1 N–H and O–H groups in total. The summed E-state index contributed by atoms with van der Waals surface area (Å²) in [7, 11) is 1.98. The number of nitrogens with one attached hydrogen (secondary N) is 1. The number of hydrogen-bond acceptors (Lipinski definition) is 1. The Morgan fingerprint density at radius 3 is 2.24 bits per heavy atom. The van der Waals surface area contributed by atoms with Crippen LogP contribution in [0, 0.1) is 13.8 Å². The second-order valence-electron chi connectivity index (χ2n) is 4.61. The van der Waals surface area contributed by atoms with Crippen molar-refractivity contribution in [1.29, 1.82) is 0 Å². The molecule has 2 rings (SSSR count). The van der Waals surface area contributed by atoms with E-state index in [-0.39, 0.29) is 0 Å². The molecule has 17 heavy (non-hydrogen) atoms. The van der Waals surface area contributed by atoms with E-state index in [2.05, 4.69) is 61.6 Å². The van der Waals surface area contributed by atoms with Crippen molar-refractivity contribution in [3.05, 3.63) is 59.2 Å². The fourth-order valence-electron chi connectivity index (χ4n) is 2.21. The van der Waals surface area contributed by atoms with Crippen LogP contribution in [0.25, 0.3) is 11.1 Å². The zero-order valence-electron chi connectivity index (χ0n) is 10.7. The maximum Gasteiger partial charge on any atom is 0.0202 e.